The van der Waals surface area contributed by atoms with Crippen molar-refractivity contribution in [2.24, 2.45) is 5.92 Å². The number of carbonyl (C=O) groups is 1. The summed E-state index contributed by atoms with van der Waals surface area (Å²) in [4.78, 5) is 24.7. The summed E-state index contributed by atoms with van der Waals surface area (Å²) in [6.07, 6.45) is 4.99. The average molecular weight is 435 g/mol. The van der Waals surface area contributed by atoms with Crippen molar-refractivity contribution in [1.29, 1.82) is 0 Å². The number of nitrogens with zero attached hydrogens (tertiary/aromatic N) is 4. The van der Waals surface area contributed by atoms with E-state index in [1.807, 2.05) is 18.3 Å². The molecule has 170 valence electrons. The Balaban J connectivity index is 1.10. The summed E-state index contributed by atoms with van der Waals surface area (Å²) in [6.45, 7) is 7.02. The van der Waals surface area contributed by atoms with Crippen molar-refractivity contribution >= 4 is 11.7 Å². The number of hydrogen-bond acceptors (Lipinski definition) is 6. The summed E-state index contributed by atoms with van der Waals surface area (Å²) >= 11 is 0. The summed E-state index contributed by atoms with van der Waals surface area (Å²) < 4.78 is 0. The number of likely N-dealkylation sites (tertiary alicyclic amines) is 1. The van der Waals surface area contributed by atoms with E-state index < -0.39 is 0 Å². The fourth-order valence-corrected chi connectivity index (χ4v) is 5.32. The smallest absolute Gasteiger partial charge is 0.241 e. The van der Waals surface area contributed by atoms with Crippen molar-refractivity contribution in [1.82, 2.24) is 25.6 Å². The summed E-state index contributed by atoms with van der Waals surface area (Å²) in [5, 5.41) is 0. The number of hydrogen-bond donors (Lipinski definition) is 2. The lowest BCUT2D eigenvalue weighted by atomic mass is 9.95. The highest BCUT2D eigenvalue weighted by atomic mass is 16.2. The topological polar surface area (TPSA) is 63.7 Å². The number of amides is 1. The van der Waals surface area contributed by atoms with Crippen LogP contribution in [0.25, 0.3) is 0 Å². The van der Waals surface area contributed by atoms with Gasteiger partial charge in [-0.25, -0.2) is 15.8 Å². The molecule has 3 aliphatic heterocycles. The van der Waals surface area contributed by atoms with Crippen molar-refractivity contribution in [3.8, 4) is 0 Å². The Kier molecular flexibility index (Phi) is 6.67. The molecular weight excluding hydrogens is 400 g/mol. The fourth-order valence-electron chi connectivity index (χ4n) is 5.32. The van der Waals surface area contributed by atoms with Crippen molar-refractivity contribution in [3.63, 3.8) is 0 Å². The van der Waals surface area contributed by atoms with Gasteiger partial charge in [-0.05, 0) is 42.9 Å². The van der Waals surface area contributed by atoms with Gasteiger partial charge in [-0.3, -0.25) is 9.69 Å². The number of benzene rings is 1. The van der Waals surface area contributed by atoms with E-state index in [0.29, 0.717) is 5.92 Å². The van der Waals surface area contributed by atoms with Gasteiger partial charge in [-0.1, -0.05) is 36.4 Å². The molecule has 7 nitrogen and oxygen atoms in total. The molecule has 3 saturated heterocycles. The van der Waals surface area contributed by atoms with Gasteiger partial charge in [0.25, 0.3) is 0 Å². The lowest BCUT2D eigenvalue weighted by molar-refractivity contribution is -0.135. The Morgan fingerprint density at radius 2 is 1.78 bits per heavy atom. The van der Waals surface area contributed by atoms with E-state index in [4.69, 9.17) is 0 Å². The third-order valence-corrected chi connectivity index (χ3v) is 7.10. The quantitative estimate of drug-likeness (QED) is 0.751. The maximum atomic E-state index is 13.2. The van der Waals surface area contributed by atoms with E-state index in [2.05, 4.69) is 66.9 Å². The molecule has 32 heavy (non-hydrogen) atoms. The van der Waals surface area contributed by atoms with Crippen LogP contribution in [-0.2, 0) is 4.79 Å². The molecule has 5 rings (SSSR count). The zero-order chi connectivity index (χ0) is 21.8. The van der Waals surface area contributed by atoms with Gasteiger partial charge in [0.15, 0.2) is 0 Å². The Morgan fingerprint density at radius 1 is 0.969 bits per heavy atom. The van der Waals surface area contributed by atoms with Gasteiger partial charge in [0.05, 0.1) is 0 Å². The molecule has 0 spiro atoms. The normalized spacial score (nSPS) is 26.9. The number of hydrazine groups is 1. The van der Waals surface area contributed by atoms with Crippen LogP contribution < -0.4 is 15.8 Å². The van der Waals surface area contributed by atoms with Crippen molar-refractivity contribution < 1.29 is 4.79 Å². The van der Waals surface area contributed by atoms with E-state index in [9.17, 15) is 4.79 Å². The number of piperidine rings is 1. The lowest BCUT2D eigenvalue weighted by Gasteiger charge is -2.40. The standard InChI is InChI=1S/C25H34N6O/c32-25(23-17-22(27-28-23)21-8-2-1-3-9-21)31-12-6-7-20(19-31)18-29-13-15-30(16-14-29)24-10-4-5-11-26-24/h1-5,8-11,20,22-23,27-28H,6-7,12-19H2. The monoisotopic (exact) mass is 434 g/mol. The summed E-state index contributed by atoms with van der Waals surface area (Å²) in [5.74, 6) is 1.89. The van der Waals surface area contributed by atoms with Crippen molar-refractivity contribution in [2.45, 2.75) is 31.3 Å². The van der Waals surface area contributed by atoms with Crippen LogP contribution in [0.2, 0.25) is 0 Å². The third-order valence-electron chi connectivity index (χ3n) is 7.10. The number of rotatable bonds is 5. The molecule has 0 saturated carbocycles. The molecule has 7 heteroatoms. The largest absolute Gasteiger partial charge is 0.354 e. The maximum Gasteiger partial charge on any atom is 0.241 e. The molecule has 3 fully saturated rings. The summed E-state index contributed by atoms with van der Waals surface area (Å²) in [5.41, 5.74) is 7.81. The van der Waals surface area contributed by atoms with Crippen LogP contribution in [0.15, 0.2) is 54.7 Å². The second-order valence-electron chi connectivity index (χ2n) is 9.31. The average Bonchev–Trinajstić information content (AvgIpc) is 3.36. The Hall–Kier alpha value is -2.48. The summed E-state index contributed by atoms with van der Waals surface area (Å²) in [7, 11) is 0. The SMILES string of the molecule is O=C(C1CC(c2ccccc2)NN1)N1CCCC(CN2CCN(c3ccccn3)CC2)C1. The molecule has 0 aliphatic carbocycles. The van der Waals surface area contributed by atoms with Crippen LogP contribution in [-0.4, -0.2) is 72.5 Å². The van der Waals surface area contributed by atoms with Gasteiger partial charge < -0.3 is 9.80 Å². The molecule has 1 aromatic heterocycles. The molecule has 3 unspecified atom stereocenters. The van der Waals surface area contributed by atoms with E-state index in [1.54, 1.807) is 0 Å². The molecule has 0 radical (unpaired) electrons. The van der Waals surface area contributed by atoms with E-state index in [0.717, 1.165) is 64.5 Å². The van der Waals surface area contributed by atoms with E-state index in [1.165, 1.54) is 12.0 Å². The first-order valence-corrected chi connectivity index (χ1v) is 12.0. The van der Waals surface area contributed by atoms with Gasteiger partial charge in [0.1, 0.15) is 11.9 Å². The highest BCUT2D eigenvalue weighted by Crippen LogP contribution is 2.25. The molecule has 3 aliphatic rings. The van der Waals surface area contributed by atoms with E-state index >= 15 is 0 Å². The van der Waals surface area contributed by atoms with Crippen LogP contribution in [0.3, 0.4) is 0 Å². The van der Waals surface area contributed by atoms with Gasteiger partial charge >= 0.3 is 0 Å². The molecule has 3 atom stereocenters. The first kappa shape index (κ1) is 21.4. The van der Waals surface area contributed by atoms with E-state index in [-0.39, 0.29) is 18.0 Å². The number of aromatic nitrogens is 1. The zero-order valence-corrected chi connectivity index (χ0v) is 18.7. The van der Waals surface area contributed by atoms with Crippen molar-refractivity contribution in [2.75, 3.05) is 50.7 Å². The van der Waals surface area contributed by atoms with Gasteiger partial charge in [0.2, 0.25) is 5.91 Å². The Labute approximate surface area is 190 Å². The van der Waals surface area contributed by atoms with Crippen LogP contribution in [0.5, 0.6) is 0 Å². The first-order valence-electron chi connectivity index (χ1n) is 12.0. The minimum atomic E-state index is -0.138. The van der Waals surface area contributed by atoms with Gasteiger partial charge in [-0.15, -0.1) is 0 Å². The first-order chi connectivity index (χ1) is 15.8. The maximum absolute atomic E-state index is 13.2. The predicted octanol–water partition coefficient (Wildman–Crippen LogP) is 2.05. The number of piperazine rings is 1. The Bertz CT molecular complexity index is 871. The number of nitrogens with one attached hydrogen (secondary N) is 2. The second kappa shape index (κ2) is 9.98. The van der Waals surface area contributed by atoms with Crippen molar-refractivity contribution in [3.05, 3.63) is 60.3 Å². The minimum Gasteiger partial charge on any atom is -0.354 e. The van der Waals surface area contributed by atoms with Crippen LogP contribution in [0.4, 0.5) is 5.82 Å². The molecule has 4 heterocycles. The van der Waals surface area contributed by atoms with Gasteiger partial charge in [0, 0.05) is 58.1 Å². The molecule has 2 N–H and O–H groups in total. The zero-order valence-electron chi connectivity index (χ0n) is 18.7. The molecule has 1 aromatic carbocycles. The predicted molar refractivity (Wildman–Crippen MR) is 126 cm³/mol. The molecule has 0 bridgehead atoms. The third kappa shape index (κ3) is 4.95. The number of anilines is 1. The minimum absolute atomic E-state index is 0.138. The molecule has 1 amide bonds. The van der Waals surface area contributed by atoms with Crippen LogP contribution in [0.1, 0.15) is 30.9 Å². The number of carbonyl (C=O) groups excluding carboxylic acids is 1. The highest BCUT2D eigenvalue weighted by Gasteiger charge is 2.35. The highest BCUT2D eigenvalue weighted by molar-refractivity contribution is 5.82. The summed E-state index contributed by atoms with van der Waals surface area (Å²) in [6, 6.07) is 16.5. The van der Waals surface area contributed by atoms with Crippen LogP contribution >= 0.6 is 0 Å². The Morgan fingerprint density at radius 3 is 2.56 bits per heavy atom. The molecular formula is C25H34N6O. The van der Waals surface area contributed by atoms with Crippen LogP contribution in [0, 0.1) is 5.92 Å². The number of pyridine rings is 1. The lowest BCUT2D eigenvalue weighted by Crippen LogP contribution is -2.52. The molecule has 2 aromatic rings. The second-order valence-corrected chi connectivity index (χ2v) is 9.31. The fraction of sp³-hybridized carbons (Fsp3) is 0.520. The van der Waals surface area contributed by atoms with Gasteiger partial charge in [-0.2, -0.15) is 0 Å².